The normalized spacial score (nSPS) is 12.9. The molecule has 0 amide bonds. The molecule has 64 heavy (non-hydrogen) atoms. The van der Waals surface area contributed by atoms with Gasteiger partial charge in [0.05, 0.1) is 37.9 Å². The molecule has 4 heteroatoms. The number of benzene rings is 10. The Bertz CT molecular complexity index is 4100. The van der Waals surface area contributed by atoms with Gasteiger partial charge in [0.1, 0.15) is 0 Å². The van der Waals surface area contributed by atoms with Gasteiger partial charge in [-0.05, 0) is 74.3 Å². The van der Waals surface area contributed by atoms with E-state index in [0.717, 1.165) is 64.3 Å². The first-order valence-electron chi connectivity index (χ1n) is 23.7. The largest absolute Gasteiger partial charge is 0.309 e. The Morgan fingerprint density at radius 1 is 0.391 bits per heavy atom. The van der Waals surface area contributed by atoms with E-state index in [0.29, 0.717) is 10.9 Å². The highest BCUT2D eigenvalue weighted by Gasteiger charge is 2.42. The van der Waals surface area contributed by atoms with Crippen molar-refractivity contribution in [1.29, 1.82) is 0 Å². The first-order chi connectivity index (χ1) is 33.4. The Morgan fingerprint density at radius 2 is 0.938 bits per heavy atom. The molecule has 0 aliphatic rings. The van der Waals surface area contributed by atoms with Crippen LogP contribution in [0, 0.1) is 0 Å². The number of rotatable bonds is 7. The molecule has 0 bridgehead atoms. The van der Waals surface area contributed by atoms with Gasteiger partial charge in [0.15, 0.2) is 8.07 Å². The zero-order chi connectivity index (χ0) is 45.7. The Kier molecular flexibility index (Phi) is 7.54. The van der Waals surface area contributed by atoms with Crippen LogP contribution < -0.4 is 20.7 Å². The van der Waals surface area contributed by atoms with Crippen LogP contribution in [0.25, 0.3) is 86.3 Å². The van der Waals surface area contributed by atoms with Crippen LogP contribution >= 0.6 is 11.3 Å². The van der Waals surface area contributed by atoms with Gasteiger partial charge in [-0.1, -0.05) is 200 Å². The molecule has 300 valence electrons. The van der Waals surface area contributed by atoms with Crippen molar-refractivity contribution in [2.24, 2.45) is 0 Å². The molecule has 0 saturated carbocycles. The molecule has 0 fully saturated rings. The molecule has 0 saturated heterocycles. The summed E-state index contributed by atoms with van der Waals surface area (Å²) in [5, 5.41) is 10.9. The summed E-state index contributed by atoms with van der Waals surface area (Å²) >= 11 is 1.73. The van der Waals surface area contributed by atoms with E-state index in [4.69, 9.17) is 4.11 Å². The average molecular weight is 853 g/mol. The topological polar surface area (TPSA) is 9.86 Å². The molecule has 0 aliphatic heterocycles. The van der Waals surface area contributed by atoms with E-state index in [1.54, 1.807) is 11.3 Å². The lowest BCUT2D eigenvalue weighted by atomic mass is 10.1. The van der Waals surface area contributed by atoms with Gasteiger partial charge in [-0.2, -0.15) is 0 Å². The molecule has 0 unspecified atom stereocenters. The van der Waals surface area contributed by atoms with E-state index in [-0.39, 0.29) is 24.2 Å². The van der Waals surface area contributed by atoms with Gasteiger partial charge < -0.3 is 9.13 Å². The predicted octanol–water partition coefficient (Wildman–Crippen LogP) is 13.3. The summed E-state index contributed by atoms with van der Waals surface area (Å²) in [5.41, 5.74) is 7.81. The Hall–Kier alpha value is -7.76. The highest BCUT2D eigenvalue weighted by molar-refractivity contribution is 7.26. The Morgan fingerprint density at radius 3 is 1.67 bits per heavy atom. The minimum absolute atomic E-state index is 0.0291. The molecule has 3 aromatic heterocycles. The van der Waals surface area contributed by atoms with Crippen molar-refractivity contribution < 1.29 is 5.48 Å². The molecule has 0 spiro atoms. The number of thiophene rings is 1. The first-order valence-corrected chi connectivity index (χ1v) is 24.5. The minimum atomic E-state index is -3.02. The van der Waals surface area contributed by atoms with E-state index in [2.05, 4.69) is 203 Å². The molecular weight excluding hydrogens is 809 g/mol. The summed E-state index contributed by atoms with van der Waals surface area (Å²) in [5.74, 6) is 0. The van der Waals surface area contributed by atoms with Crippen molar-refractivity contribution in [3.63, 3.8) is 0 Å². The second kappa shape index (κ2) is 14.7. The quantitative estimate of drug-likeness (QED) is 0.112. The summed E-state index contributed by atoms with van der Waals surface area (Å²) in [4.78, 5) is 0. The first kappa shape index (κ1) is 32.9. The maximum absolute atomic E-state index is 9.38. The van der Waals surface area contributed by atoms with Crippen molar-refractivity contribution in [1.82, 2.24) is 9.13 Å². The molecule has 0 radical (unpaired) electrons. The van der Waals surface area contributed by atoms with E-state index in [1.807, 2.05) is 24.3 Å². The summed E-state index contributed by atoms with van der Waals surface area (Å²) in [6.07, 6.45) is 0. The molecule has 13 rings (SSSR count). The van der Waals surface area contributed by atoms with Gasteiger partial charge in [-0.15, -0.1) is 11.3 Å². The number of hydrogen-bond donors (Lipinski definition) is 0. The van der Waals surface area contributed by atoms with E-state index in [9.17, 15) is 1.37 Å². The number of nitrogens with zero attached hydrogens (tertiary/aromatic N) is 2. The molecule has 3 heterocycles. The van der Waals surface area contributed by atoms with Crippen molar-refractivity contribution in [2.45, 2.75) is 0 Å². The van der Waals surface area contributed by atoms with Crippen LogP contribution in [0.3, 0.4) is 0 Å². The maximum atomic E-state index is 9.38. The van der Waals surface area contributed by atoms with Crippen LogP contribution in [0.5, 0.6) is 0 Å². The van der Waals surface area contributed by atoms with Gasteiger partial charge in [0.2, 0.25) is 0 Å². The third-order valence-corrected chi connectivity index (χ3v) is 19.1. The second-order valence-electron chi connectivity index (χ2n) is 16.5. The number of para-hydroxylation sites is 3. The SMILES string of the molecule is [2H]c1c([2H])c([2H])c2c(c1[2H])c1ccccc1n2-c1cc2c3ccccc3n(-c3cccc([Si](c4ccccc4)(c4ccccc4)c4cccc(-c5ccccc5)c4)c3)c2c2c1sc1ccccc12. The zero-order valence-electron chi connectivity index (χ0n) is 38.6. The third kappa shape index (κ3) is 5.43. The van der Waals surface area contributed by atoms with Crippen molar-refractivity contribution in [2.75, 3.05) is 0 Å². The van der Waals surface area contributed by atoms with Crippen LogP contribution in [0.1, 0.15) is 5.48 Å². The number of fused-ring (bicyclic) bond motifs is 10. The van der Waals surface area contributed by atoms with Gasteiger partial charge >= 0.3 is 0 Å². The van der Waals surface area contributed by atoms with E-state index >= 15 is 0 Å². The second-order valence-corrected chi connectivity index (χ2v) is 21.4. The third-order valence-electron chi connectivity index (χ3n) is 13.2. The predicted molar refractivity (Wildman–Crippen MR) is 277 cm³/mol. The monoisotopic (exact) mass is 852 g/mol. The summed E-state index contributed by atoms with van der Waals surface area (Å²) in [7, 11) is -3.02. The lowest BCUT2D eigenvalue weighted by molar-refractivity contribution is 1.18. The summed E-state index contributed by atoms with van der Waals surface area (Å²) in [6, 6.07) is 78.3. The van der Waals surface area contributed by atoms with Crippen LogP contribution in [-0.2, 0) is 0 Å². The standard InChI is InChI=1S/C60H40N2SSi/c1-4-20-41(21-5-1)42-22-18-28-46(38-42)64(44-24-6-2-7-25-44,45-26-8-3-9-27-45)47-29-19-23-43(39-47)61-53-34-14-12-32-50(53)52-40-56(60-58(59(52)61)51-33-13-17-37-57(51)63-60)62-54-35-15-10-30-48(54)49-31-11-16-36-55(49)62/h1-40H/i10D,15D,30D,35D. The lowest BCUT2D eigenvalue weighted by Gasteiger charge is -2.35. The average Bonchev–Trinajstić information content (AvgIpc) is 4.07. The smallest absolute Gasteiger partial charge is 0.179 e. The summed E-state index contributed by atoms with van der Waals surface area (Å²) < 4.78 is 42.8. The minimum Gasteiger partial charge on any atom is -0.309 e. The molecule has 13 aromatic rings. The Balaban J connectivity index is 1.15. The molecule has 0 atom stereocenters. The molecule has 0 N–H and O–H groups in total. The number of aromatic nitrogens is 2. The van der Waals surface area contributed by atoms with Crippen LogP contribution in [0.4, 0.5) is 0 Å². The van der Waals surface area contributed by atoms with E-state index in [1.165, 1.54) is 31.9 Å². The van der Waals surface area contributed by atoms with Gasteiger partial charge in [0.25, 0.3) is 0 Å². The molecule has 0 aliphatic carbocycles. The number of hydrogen-bond acceptors (Lipinski definition) is 1. The van der Waals surface area contributed by atoms with Crippen LogP contribution in [0.2, 0.25) is 0 Å². The zero-order valence-corrected chi connectivity index (χ0v) is 36.4. The van der Waals surface area contributed by atoms with E-state index < -0.39 is 8.07 Å². The fourth-order valence-electron chi connectivity index (χ4n) is 10.5. The fourth-order valence-corrected chi connectivity index (χ4v) is 16.5. The Labute approximate surface area is 381 Å². The highest BCUT2D eigenvalue weighted by atomic mass is 32.1. The van der Waals surface area contributed by atoms with Crippen molar-refractivity contribution >= 4 is 104 Å². The maximum Gasteiger partial charge on any atom is 0.179 e. The van der Waals surface area contributed by atoms with Crippen LogP contribution in [0.15, 0.2) is 243 Å². The molecule has 2 nitrogen and oxygen atoms in total. The fraction of sp³-hybridized carbons (Fsp3) is 0. The van der Waals surface area contributed by atoms with Gasteiger partial charge in [-0.3, -0.25) is 0 Å². The van der Waals surface area contributed by atoms with Gasteiger partial charge in [0, 0.05) is 42.7 Å². The van der Waals surface area contributed by atoms with Crippen molar-refractivity contribution in [3.05, 3.63) is 243 Å². The lowest BCUT2D eigenvalue weighted by Crippen LogP contribution is -2.74. The molecule has 10 aromatic carbocycles. The van der Waals surface area contributed by atoms with Gasteiger partial charge in [-0.25, -0.2) is 0 Å². The van der Waals surface area contributed by atoms with Crippen molar-refractivity contribution in [3.8, 4) is 22.5 Å². The highest BCUT2D eigenvalue weighted by Crippen LogP contribution is 2.47. The summed E-state index contributed by atoms with van der Waals surface area (Å²) in [6.45, 7) is 0. The molecular formula is C60H40N2SSi. The van der Waals surface area contributed by atoms with Crippen LogP contribution in [-0.4, -0.2) is 17.2 Å².